The van der Waals surface area contributed by atoms with E-state index in [9.17, 15) is 13.2 Å². The van der Waals surface area contributed by atoms with Gasteiger partial charge in [0.05, 0.1) is 49.9 Å². The molecular weight excluding hydrogens is 510 g/mol. The van der Waals surface area contributed by atoms with E-state index in [-0.39, 0.29) is 29.1 Å². The lowest BCUT2D eigenvalue weighted by Crippen LogP contribution is -2.26. The molecule has 0 saturated heterocycles. The maximum Gasteiger partial charge on any atom is 0.265 e. The molecule has 0 N–H and O–H groups in total. The molecule has 0 radical (unpaired) electrons. The van der Waals surface area contributed by atoms with Gasteiger partial charge >= 0.3 is 0 Å². The second-order valence-corrected chi connectivity index (χ2v) is 9.41. The monoisotopic (exact) mass is 532 g/mol. The lowest BCUT2D eigenvalue weighted by Gasteiger charge is -2.27. The number of rotatable bonds is 9. The molecule has 2 aromatic heterocycles. The largest absolute Gasteiger partial charge is 0.493 e. The highest BCUT2D eigenvalue weighted by atomic mass is 32.2. The molecule has 0 unspecified atom stereocenters. The summed E-state index contributed by atoms with van der Waals surface area (Å²) in [6, 6.07) is 8.80. The molecule has 10 nitrogen and oxygen atoms in total. The summed E-state index contributed by atoms with van der Waals surface area (Å²) in [7, 11) is -1.43. The summed E-state index contributed by atoms with van der Waals surface area (Å²) in [5, 5.41) is 0.147. The molecule has 13 heteroatoms. The van der Waals surface area contributed by atoms with Crippen LogP contribution in [-0.4, -0.2) is 56.6 Å². The van der Waals surface area contributed by atoms with E-state index in [1.165, 1.54) is 49.5 Å². The van der Waals surface area contributed by atoms with Crippen LogP contribution in [-0.2, 0) is 14.3 Å². The Balaban J connectivity index is 1.91. The quantitative estimate of drug-likeness (QED) is 0.300. The number of hydrogen-bond acceptors (Lipinski definition) is 9. The fourth-order valence-corrected chi connectivity index (χ4v) is 4.09. The number of fused-ring (bicyclic) bond motifs is 1. The van der Waals surface area contributed by atoms with Gasteiger partial charge in [0, 0.05) is 24.5 Å². The Morgan fingerprint density at radius 1 is 1.05 bits per heavy atom. The minimum atomic E-state index is -3.84. The summed E-state index contributed by atoms with van der Waals surface area (Å²) in [6.07, 6.45) is 5.25. The van der Waals surface area contributed by atoms with Crippen molar-refractivity contribution in [3.05, 3.63) is 77.1 Å². The predicted octanol–water partition coefficient (Wildman–Crippen LogP) is 3.19. The summed E-state index contributed by atoms with van der Waals surface area (Å²) < 4.78 is 70.1. The lowest BCUT2D eigenvalue weighted by atomic mass is 10.1. The molecule has 2 heterocycles. The van der Waals surface area contributed by atoms with Crippen LogP contribution in [0.5, 0.6) is 11.5 Å². The maximum atomic E-state index is 15.4. The molecule has 0 bridgehead atoms. The number of pyridine rings is 1. The van der Waals surface area contributed by atoms with Crippen LogP contribution in [0.2, 0.25) is 0 Å². The molecule has 0 saturated carbocycles. The third-order valence-electron chi connectivity index (χ3n) is 5.41. The predicted molar refractivity (Wildman–Crippen MR) is 132 cm³/mol. The zero-order valence-corrected chi connectivity index (χ0v) is 20.8. The zero-order chi connectivity index (χ0) is 26.7. The maximum absolute atomic E-state index is 15.4. The van der Waals surface area contributed by atoms with E-state index in [0.29, 0.717) is 11.2 Å². The molecule has 0 aliphatic rings. The van der Waals surface area contributed by atoms with E-state index in [4.69, 9.17) is 13.7 Å². The number of ether oxygens (including phenoxy) is 2. The van der Waals surface area contributed by atoms with Gasteiger partial charge in [0.1, 0.15) is 12.0 Å². The van der Waals surface area contributed by atoms with Crippen LogP contribution in [0.15, 0.2) is 59.9 Å². The summed E-state index contributed by atoms with van der Waals surface area (Å²) >= 11 is 0. The molecule has 194 valence electrons. The average molecular weight is 533 g/mol. The van der Waals surface area contributed by atoms with Crippen molar-refractivity contribution >= 4 is 32.4 Å². The fourth-order valence-electron chi connectivity index (χ4n) is 3.72. The summed E-state index contributed by atoms with van der Waals surface area (Å²) in [5.41, 5.74) is -0.0493. The van der Waals surface area contributed by atoms with Crippen molar-refractivity contribution in [2.24, 2.45) is 0 Å². The van der Waals surface area contributed by atoms with E-state index in [0.717, 1.165) is 17.2 Å². The smallest absolute Gasteiger partial charge is 0.265 e. The number of benzene rings is 2. The molecule has 4 rings (SSSR count). The number of hydrogen-bond donors (Lipinski definition) is 0. The molecule has 0 spiro atoms. The highest BCUT2D eigenvalue weighted by molar-refractivity contribution is 7.85. The van der Waals surface area contributed by atoms with Crippen molar-refractivity contribution < 1.29 is 30.9 Å². The number of anilines is 2. The van der Waals surface area contributed by atoms with Crippen LogP contribution < -0.4 is 19.9 Å². The zero-order valence-electron chi connectivity index (χ0n) is 20.0. The van der Waals surface area contributed by atoms with Crippen LogP contribution >= 0.6 is 0 Å². The summed E-state index contributed by atoms with van der Waals surface area (Å²) in [6.45, 7) is -0.748. The Labute approximate surface area is 210 Å². The first-order valence-corrected chi connectivity index (χ1v) is 12.6. The molecule has 0 fully saturated rings. The van der Waals surface area contributed by atoms with Gasteiger partial charge in [-0.3, -0.25) is 18.5 Å². The highest BCUT2D eigenvalue weighted by Gasteiger charge is 2.26. The normalized spacial score (nSPS) is 11.5. The summed E-state index contributed by atoms with van der Waals surface area (Å²) in [5.74, 6) is -2.72. The van der Waals surface area contributed by atoms with E-state index < -0.39 is 39.6 Å². The Hall–Kier alpha value is -4.10. The number of nitrogens with zero attached hydrogens (tertiary/aromatic N) is 4. The molecule has 37 heavy (non-hydrogen) atoms. The van der Waals surface area contributed by atoms with Gasteiger partial charge in [-0.05, 0) is 30.3 Å². The van der Waals surface area contributed by atoms with E-state index in [1.54, 1.807) is 18.3 Å². The number of halogens is 2. The summed E-state index contributed by atoms with van der Waals surface area (Å²) in [4.78, 5) is 22.8. The molecule has 0 atom stereocenters. The van der Waals surface area contributed by atoms with Gasteiger partial charge in [0.15, 0.2) is 23.1 Å². The average Bonchev–Trinajstić information content (AvgIpc) is 2.88. The minimum absolute atomic E-state index is 0.147. The van der Waals surface area contributed by atoms with Gasteiger partial charge in [0.25, 0.3) is 15.7 Å². The number of methoxy groups -OCH3 is 2. The second kappa shape index (κ2) is 10.5. The standard InChI is InChI=1S/C24H22F2N4O6S/c1-34-19-12-20(35-2)22(26)23(21(19)25)29(9-10-36-37(3,32)33)15-6-7-18-17(11-15)24(31)30(14-28-18)16-5-4-8-27-13-16/h4-8,11-14H,9-10H2,1-3H3. The Bertz CT molecular complexity index is 1590. The van der Waals surface area contributed by atoms with Crippen molar-refractivity contribution in [3.63, 3.8) is 0 Å². The van der Waals surface area contributed by atoms with E-state index in [1.807, 2.05) is 0 Å². The first kappa shape index (κ1) is 26.0. The third kappa shape index (κ3) is 5.37. The fraction of sp³-hybridized carbons (Fsp3) is 0.208. The van der Waals surface area contributed by atoms with Crippen molar-refractivity contribution in [3.8, 4) is 17.2 Å². The topological polar surface area (TPSA) is 113 Å². The van der Waals surface area contributed by atoms with Crippen LogP contribution in [0.1, 0.15) is 0 Å². The second-order valence-electron chi connectivity index (χ2n) is 7.77. The third-order valence-corrected chi connectivity index (χ3v) is 6.00. The van der Waals surface area contributed by atoms with Gasteiger partial charge in [-0.15, -0.1) is 0 Å². The van der Waals surface area contributed by atoms with Crippen molar-refractivity contribution in [1.82, 2.24) is 14.5 Å². The van der Waals surface area contributed by atoms with Gasteiger partial charge in [-0.2, -0.15) is 8.42 Å². The van der Waals surface area contributed by atoms with Crippen molar-refractivity contribution in [2.75, 3.05) is 38.5 Å². The Morgan fingerprint density at radius 2 is 1.76 bits per heavy atom. The van der Waals surface area contributed by atoms with Crippen LogP contribution in [0.3, 0.4) is 0 Å². The van der Waals surface area contributed by atoms with Crippen LogP contribution in [0, 0.1) is 11.6 Å². The first-order valence-electron chi connectivity index (χ1n) is 10.8. The van der Waals surface area contributed by atoms with Gasteiger partial charge in [-0.1, -0.05) is 0 Å². The van der Waals surface area contributed by atoms with Gasteiger partial charge < -0.3 is 14.4 Å². The molecule has 4 aromatic rings. The van der Waals surface area contributed by atoms with E-state index in [2.05, 4.69) is 9.97 Å². The van der Waals surface area contributed by atoms with Crippen LogP contribution in [0.4, 0.5) is 20.2 Å². The first-order chi connectivity index (χ1) is 17.6. The highest BCUT2D eigenvalue weighted by Crippen LogP contribution is 2.40. The molecule has 0 aliphatic carbocycles. The number of aromatic nitrogens is 3. The SMILES string of the molecule is COc1cc(OC)c(F)c(N(CCOS(C)(=O)=O)c2ccc3ncn(-c4cccnc4)c(=O)c3c2)c1F. The van der Waals surface area contributed by atoms with Crippen molar-refractivity contribution in [1.29, 1.82) is 0 Å². The Morgan fingerprint density at radius 3 is 2.35 bits per heavy atom. The van der Waals surface area contributed by atoms with Gasteiger partial charge in [-0.25, -0.2) is 13.8 Å². The molecule has 0 aliphatic heterocycles. The Kier molecular flexibility index (Phi) is 7.36. The molecule has 2 aromatic carbocycles. The van der Waals surface area contributed by atoms with Crippen LogP contribution in [0.25, 0.3) is 16.6 Å². The van der Waals surface area contributed by atoms with Crippen molar-refractivity contribution in [2.45, 2.75) is 0 Å². The lowest BCUT2D eigenvalue weighted by molar-refractivity contribution is 0.328. The molecule has 0 amide bonds. The van der Waals surface area contributed by atoms with E-state index >= 15 is 8.78 Å². The molecular formula is C24H22F2N4O6S. The van der Waals surface area contributed by atoms with Gasteiger partial charge in [0.2, 0.25) is 0 Å². The minimum Gasteiger partial charge on any atom is -0.493 e.